The smallest absolute Gasteiger partial charge is 0.310 e. The van der Waals surface area contributed by atoms with Crippen molar-refractivity contribution in [2.24, 2.45) is 17.8 Å². The highest BCUT2D eigenvalue weighted by molar-refractivity contribution is 8.02. The van der Waals surface area contributed by atoms with Crippen LogP contribution in [0.5, 0.6) is 0 Å². The van der Waals surface area contributed by atoms with Gasteiger partial charge in [-0.1, -0.05) is 26.2 Å². The van der Waals surface area contributed by atoms with Crippen molar-refractivity contribution < 1.29 is 24.2 Å². The van der Waals surface area contributed by atoms with Crippen LogP contribution in [-0.4, -0.2) is 69.1 Å². The fraction of sp³-hybridized carbons (Fsp3) is 0.864. The number of aliphatic hydroxyl groups is 1. The van der Waals surface area contributed by atoms with E-state index in [0.717, 1.165) is 32.1 Å². The predicted octanol–water partition coefficient (Wildman–Crippen LogP) is 1.72. The fourth-order valence-corrected chi connectivity index (χ4v) is 8.75. The van der Waals surface area contributed by atoms with Crippen molar-refractivity contribution in [3.8, 4) is 0 Å². The standard InChI is InChI=1S/C22H34N2O5S/c1-4-29-21(28)16-15-10-12(2)22(30-15)17(16)20(27)24(13(3)11-25)18(22)19(26)23-14-8-6-5-7-9-14/h12-18,25H,4-11H2,1-3H3,(H,23,26)/t12?,13-,15+,16-,17+,18?,22?/m1/s1. The van der Waals surface area contributed by atoms with Crippen LogP contribution in [-0.2, 0) is 19.1 Å². The summed E-state index contributed by atoms with van der Waals surface area (Å²) in [6.07, 6.45) is 6.15. The van der Waals surface area contributed by atoms with E-state index < -0.39 is 28.7 Å². The first-order valence-corrected chi connectivity index (χ1v) is 12.3. The average molecular weight is 439 g/mol. The summed E-state index contributed by atoms with van der Waals surface area (Å²) in [6.45, 7) is 5.71. The normalized spacial score (nSPS) is 39.1. The van der Waals surface area contributed by atoms with Gasteiger partial charge in [0.1, 0.15) is 6.04 Å². The summed E-state index contributed by atoms with van der Waals surface area (Å²) < 4.78 is 4.70. The molecule has 7 atom stereocenters. The van der Waals surface area contributed by atoms with Crippen LogP contribution in [0.25, 0.3) is 0 Å². The van der Waals surface area contributed by atoms with E-state index in [2.05, 4.69) is 12.2 Å². The van der Waals surface area contributed by atoms with Crippen LogP contribution in [0.2, 0.25) is 0 Å². The van der Waals surface area contributed by atoms with Crippen molar-refractivity contribution in [2.75, 3.05) is 13.2 Å². The third-order valence-corrected chi connectivity index (χ3v) is 9.76. The maximum atomic E-state index is 13.7. The summed E-state index contributed by atoms with van der Waals surface area (Å²) in [4.78, 5) is 41.7. The molecule has 3 saturated heterocycles. The van der Waals surface area contributed by atoms with E-state index in [1.807, 2.05) is 0 Å². The van der Waals surface area contributed by atoms with Crippen molar-refractivity contribution in [2.45, 2.75) is 87.4 Å². The van der Waals surface area contributed by atoms with Gasteiger partial charge in [-0.15, -0.1) is 11.8 Å². The van der Waals surface area contributed by atoms with Gasteiger partial charge in [0, 0.05) is 11.3 Å². The maximum Gasteiger partial charge on any atom is 0.310 e. The molecule has 30 heavy (non-hydrogen) atoms. The fourth-order valence-electron chi connectivity index (χ4n) is 6.35. The number of carbonyl (C=O) groups is 3. The lowest BCUT2D eigenvalue weighted by atomic mass is 9.66. The summed E-state index contributed by atoms with van der Waals surface area (Å²) in [5, 5.41) is 13.1. The molecule has 168 valence electrons. The Morgan fingerprint density at radius 1 is 1.33 bits per heavy atom. The first-order chi connectivity index (χ1) is 14.4. The number of fused-ring (bicyclic) bond motifs is 1. The first-order valence-electron chi connectivity index (χ1n) is 11.4. The number of carbonyl (C=O) groups excluding carboxylic acids is 3. The van der Waals surface area contributed by atoms with Crippen LogP contribution in [0.4, 0.5) is 0 Å². The number of hydrogen-bond donors (Lipinski definition) is 2. The molecular formula is C22H34N2O5S. The van der Waals surface area contributed by atoms with Crippen LogP contribution in [0.15, 0.2) is 0 Å². The van der Waals surface area contributed by atoms with Crippen LogP contribution in [0.3, 0.4) is 0 Å². The summed E-state index contributed by atoms with van der Waals surface area (Å²) in [5.41, 5.74) is 0. The van der Waals surface area contributed by atoms with Gasteiger partial charge in [-0.3, -0.25) is 14.4 Å². The molecule has 2 bridgehead atoms. The zero-order chi connectivity index (χ0) is 21.6. The lowest BCUT2D eigenvalue weighted by Gasteiger charge is -2.40. The molecule has 0 radical (unpaired) electrons. The Balaban J connectivity index is 1.70. The molecule has 0 aromatic carbocycles. The second-order valence-electron chi connectivity index (χ2n) is 9.43. The van der Waals surface area contributed by atoms with Crippen molar-refractivity contribution in [1.82, 2.24) is 10.2 Å². The van der Waals surface area contributed by atoms with Gasteiger partial charge in [-0.2, -0.15) is 0 Å². The zero-order valence-corrected chi connectivity index (χ0v) is 19.0. The van der Waals surface area contributed by atoms with E-state index >= 15 is 0 Å². The lowest BCUT2D eigenvalue weighted by Crippen LogP contribution is -2.59. The minimum Gasteiger partial charge on any atom is -0.466 e. The van der Waals surface area contributed by atoms with Gasteiger partial charge in [0.15, 0.2) is 0 Å². The topological polar surface area (TPSA) is 95.9 Å². The minimum absolute atomic E-state index is 0.00423. The number of likely N-dealkylation sites (tertiary alicyclic amines) is 1. The third kappa shape index (κ3) is 3.17. The highest BCUT2D eigenvalue weighted by Gasteiger charge is 2.76. The highest BCUT2D eigenvalue weighted by atomic mass is 32.2. The number of hydrogen-bond acceptors (Lipinski definition) is 6. The number of esters is 1. The molecule has 4 aliphatic rings. The number of thioether (sulfide) groups is 1. The summed E-state index contributed by atoms with van der Waals surface area (Å²) in [5.74, 6) is -1.58. The maximum absolute atomic E-state index is 13.7. The van der Waals surface area contributed by atoms with Crippen molar-refractivity contribution >= 4 is 29.5 Å². The number of rotatable bonds is 6. The zero-order valence-electron chi connectivity index (χ0n) is 18.1. The van der Waals surface area contributed by atoms with Crippen molar-refractivity contribution in [3.05, 3.63) is 0 Å². The molecule has 0 aromatic rings. The van der Waals surface area contributed by atoms with Gasteiger partial charge in [0.2, 0.25) is 11.8 Å². The molecule has 2 amide bonds. The number of ether oxygens (including phenoxy) is 1. The van der Waals surface area contributed by atoms with Gasteiger partial charge in [-0.25, -0.2) is 0 Å². The Kier molecular flexibility index (Phi) is 6.10. The van der Waals surface area contributed by atoms with E-state index in [0.29, 0.717) is 0 Å². The van der Waals surface area contributed by atoms with Gasteiger partial charge >= 0.3 is 5.97 Å². The van der Waals surface area contributed by atoms with Gasteiger partial charge in [0.25, 0.3) is 0 Å². The highest BCUT2D eigenvalue weighted by Crippen LogP contribution is 2.68. The first kappa shape index (κ1) is 21.9. The van der Waals surface area contributed by atoms with Crippen LogP contribution < -0.4 is 5.32 Å². The molecule has 1 saturated carbocycles. The molecule has 7 nitrogen and oxygen atoms in total. The monoisotopic (exact) mass is 438 g/mol. The van der Waals surface area contributed by atoms with Gasteiger partial charge in [0.05, 0.1) is 35.8 Å². The molecule has 3 heterocycles. The number of aliphatic hydroxyl groups excluding tert-OH is 1. The molecule has 3 aliphatic heterocycles. The van der Waals surface area contributed by atoms with E-state index in [4.69, 9.17) is 4.74 Å². The Labute approximate surface area is 182 Å². The Hall–Kier alpha value is -1.28. The SMILES string of the molecule is CCOC(=O)[C@@H]1[C@@H]2CC(C)C3(S2)C(C(=O)NC2CCCCC2)N([C@H](C)CO)C(=O)[C@H]13. The van der Waals surface area contributed by atoms with E-state index in [9.17, 15) is 19.5 Å². The summed E-state index contributed by atoms with van der Waals surface area (Å²) in [6, 6.07) is -0.999. The third-order valence-electron chi connectivity index (χ3n) is 7.68. The molecular weight excluding hydrogens is 404 g/mol. The van der Waals surface area contributed by atoms with Gasteiger partial charge < -0.3 is 20.1 Å². The summed E-state index contributed by atoms with van der Waals surface area (Å²) >= 11 is 1.65. The molecule has 1 aliphatic carbocycles. The average Bonchev–Trinajstić information content (AvgIpc) is 3.32. The molecule has 4 rings (SSSR count). The van der Waals surface area contributed by atoms with E-state index in [1.54, 1.807) is 30.5 Å². The second-order valence-corrected chi connectivity index (χ2v) is 11.0. The van der Waals surface area contributed by atoms with E-state index in [1.165, 1.54) is 6.42 Å². The van der Waals surface area contributed by atoms with Crippen molar-refractivity contribution in [3.63, 3.8) is 0 Å². The van der Waals surface area contributed by atoms with Crippen molar-refractivity contribution in [1.29, 1.82) is 0 Å². The molecule has 2 N–H and O–H groups in total. The second kappa shape index (κ2) is 8.34. The lowest BCUT2D eigenvalue weighted by molar-refractivity contribution is -0.154. The van der Waals surface area contributed by atoms with Gasteiger partial charge in [-0.05, 0) is 39.0 Å². The molecule has 1 spiro atoms. The Morgan fingerprint density at radius 2 is 2.03 bits per heavy atom. The largest absolute Gasteiger partial charge is 0.466 e. The number of nitrogens with zero attached hydrogens (tertiary/aromatic N) is 1. The predicted molar refractivity (Wildman–Crippen MR) is 114 cm³/mol. The quantitative estimate of drug-likeness (QED) is 0.613. The molecule has 8 heteroatoms. The van der Waals surface area contributed by atoms with Crippen LogP contribution in [0, 0.1) is 17.8 Å². The van der Waals surface area contributed by atoms with Crippen LogP contribution >= 0.6 is 11.8 Å². The van der Waals surface area contributed by atoms with Crippen LogP contribution in [0.1, 0.15) is 59.3 Å². The summed E-state index contributed by atoms with van der Waals surface area (Å²) in [7, 11) is 0. The molecule has 0 aromatic heterocycles. The Bertz CT molecular complexity index is 712. The number of nitrogens with one attached hydrogen (secondary N) is 1. The minimum atomic E-state index is -0.663. The number of amides is 2. The Morgan fingerprint density at radius 3 is 2.67 bits per heavy atom. The molecule has 3 unspecified atom stereocenters. The molecule has 4 fully saturated rings. The van der Waals surface area contributed by atoms with E-state index in [-0.39, 0.29) is 48.2 Å².